The van der Waals surface area contributed by atoms with Crippen molar-refractivity contribution in [2.24, 2.45) is 5.92 Å². The maximum Gasteiger partial charge on any atom is 0.227 e. The Kier molecular flexibility index (Phi) is 4.88. The zero-order chi connectivity index (χ0) is 19.3. The number of rotatable bonds is 5. The fraction of sp³-hybridized carbons (Fsp3) is 0.889. The summed E-state index contributed by atoms with van der Waals surface area (Å²) in [5.41, 5.74) is -0.493. The number of fused-ring (bicyclic) bond motifs is 1. The van der Waals surface area contributed by atoms with Crippen LogP contribution in [-0.2, 0) is 26.5 Å². The Morgan fingerprint density at radius 2 is 1.85 bits per heavy atom. The number of hydrogen-bond donors (Lipinski definition) is 0. The molecule has 148 valence electrons. The summed E-state index contributed by atoms with van der Waals surface area (Å²) in [4.78, 5) is 2.16. The zero-order valence-corrected chi connectivity index (χ0v) is 17.6. The molecule has 0 bridgehead atoms. The minimum atomic E-state index is -2.93. The first kappa shape index (κ1) is 19.6. The lowest BCUT2D eigenvalue weighted by Gasteiger charge is -2.30. The molecule has 0 amide bonds. The first-order chi connectivity index (χ1) is 11.9. The van der Waals surface area contributed by atoms with Gasteiger partial charge in [-0.25, -0.2) is 8.42 Å². The van der Waals surface area contributed by atoms with Crippen molar-refractivity contribution in [3.8, 4) is 0 Å². The molecule has 3 rings (SSSR count). The molecule has 0 spiro atoms. The van der Waals surface area contributed by atoms with Crippen molar-refractivity contribution in [1.29, 1.82) is 0 Å². The molecule has 2 atom stereocenters. The van der Waals surface area contributed by atoms with Gasteiger partial charge >= 0.3 is 0 Å². The molecule has 0 aromatic carbocycles. The van der Waals surface area contributed by atoms with Crippen LogP contribution in [0.1, 0.15) is 53.8 Å². The van der Waals surface area contributed by atoms with E-state index in [4.69, 9.17) is 4.74 Å². The van der Waals surface area contributed by atoms with E-state index >= 15 is 0 Å². The van der Waals surface area contributed by atoms with E-state index in [0.717, 1.165) is 31.3 Å². The van der Waals surface area contributed by atoms with Crippen molar-refractivity contribution in [3.05, 3.63) is 5.82 Å². The van der Waals surface area contributed by atoms with Crippen LogP contribution in [0.5, 0.6) is 0 Å². The topological polar surface area (TPSA) is 77.3 Å². The number of nitrogens with zero attached hydrogens (tertiary/aromatic N) is 4. The van der Waals surface area contributed by atoms with Crippen LogP contribution in [0.15, 0.2) is 0 Å². The summed E-state index contributed by atoms with van der Waals surface area (Å²) in [7, 11) is -2.93. The van der Waals surface area contributed by atoms with E-state index in [-0.39, 0.29) is 28.7 Å². The second-order valence-electron chi connectivity index (χ2n) is 9.24. The van der Waals surface area contributed by atoms with Gasteiger partial charge in [-0.05, 0) is 40.0 Å². The van der Waals surface area contributed by atoms with Crippen molar-refractivity contribution < 1.29 is 13.2 Å². The Bertz CT molecular complexity index is 764. The average Bonchev–Trinajstić information content (AvgIpc) is 3.15. The fourth-order valence-electron chi connectivity index (χ4n) is 4.00. The molecule has 1 aromatic heterocycles. The molecule has 3 heterocycles. The minimum absolute atomic E-state index is 0.0382. The van der Waals surface area contributed by atoms with Crippen molar-refractivity contribution in [2.45, 2.75) is 71.6 Å². The average molecular weight is 385 g/mol. The van der Waals surface area contributed by atoms with Gasteiger partial charge in [0.1, 0.15) is 5.82 Å². The van der Waals surface area contributed by atoms with Crippen LogP contribution in [-0.4, -0.2) is 59.5 Å². The molecule has 2 aliphatic rings. The van der Waals surface area contributed by atoms with Crippen molar-refractivity contribution in [3.63, 3.8) is 0 Å². The molecule has 7 nitrogen and oxygen atoms in total. The lowest BCUT2D eigenvalue weighted by molar-refractivity contribution is -0.0269. The first-order valence-electron chi connectivity index (χ1n) is 9.48. The maximum absolute atomic E-state index is 12.0. The van der Waals surface area contributed by atoms with Gasteiger partial charge in [0.15, 0.2) is 9.84 Å². The minimum Gasteiger partial charge on any atom is -0.375 e. The zero-order valence-electron chi connectivity index (χ0n) is 16.8. The highest BCUT2D eigenvalue weighted by atomic mass is 32.2. The van der Waals surface area contributed by atoms with E-state index in [2.05, 4.69) is 40.4 Å². The van der Waals surface area contributed by atoms with Crippen LogP contribution in [0.3, 0.4) is 0 Å². The first-order valence-corrected chi connectivity index (χ1v) is 11.3. The van der Waals surface area contributed by atoms with Gasteiger partial charge in [0.25, 0.3) is 0 Å². The van der Waals surface area contributed by atoms with Crippen LogP contribution in [0, 0.1) is 5.92 Å². The fourth-order valence-corrected chi connectivity index (χ4v) is 6.15. The number of aromatic nitrogens is 3. The summed E-state index contributed by atoms with van der Waals surface area (Å²) in [6.07, 6.45) is 0.909. The molecule has 0 aliphatic carbocycles. The van der Waals surface area contributed by atoms with Gasteiger partial charge in [-0.3, -0.25) is 4.57 Å². The number of ether oxygens (including phenoxy) is 1. The standard InChI is InChI=1S/C18H32N4O3S/c1-7-21-15(18(5,6)12-25-17(2,3)4)19-20-16(21)22-9-8-13-10-26(23,24)11-14(13)22/h13-14H,7-12H2,1-6H3/t13-,14+/m1/s1. The molecule has 0 radical (unpaired) electrons. The van der Waals surface area contributed by atoms with Gasteiger partial charge in [-0.2, -0.15) is 0 Å². The quantitative estimate of drug-likeness (QED) is 0.773. The second kappa shape index (κ2) is 6.48. The third-order valence-corrected chi connectivity index (χ3v) is 7.14. The van der Waals surface area contributed by atoms with Crippen LogP contribution in [0.25, 0.3) is 0 Å². The summed E-state index contributed by atoms with van der Waals surface area (Å²) >= 11 is 0. The largest absolute Gasteiger partial charge is 0.375 e. The van der Waals surface area contributed by atoms with E-state index < -0.39 is 9.84 Å². The Balaban J connectivity index is 1.87. The molecule has 0 unspecified atom stereocenters. The predicted molar refractivity (Wildman–Crippen MR) is 102 cm³/mol. The van der Waals surface area contributed by atoms with Crippen molar-refractivity contribution in [2.75, 3.05) is 29.6 Å². The lowest BCUT2D eigenvalue weighted by Crippen LogP contribution is -2.37. The monoisotopic (exact) mass is 384 g/mol. The molecule has 8 heteroatoms. The van der Waals surface area contributed by atoms with Gasteiger partial charge in [-0.15, -0.1) is 10.2 Å². The maximum atomic E-state index is 12.0. The number of anilines is 1. The van der Waals surface area contributed by atoms with Crippen LogP contribution in [0.4, 0.5) is 5.95 Å². The smallest absolute Gasteiger partial charge is 0.227 e. The van der Waals surface area contributed by atoms with Crippen LogP contribution >= 0.6 is 0 Å². The van der Waals surface area contributed by atoms with Crippen molar-refractivity contribution >= 4 is 15.8 Å². The highest BCUT2D eigenvalue weighted by Crippen LogP contribution is 2.37. The van der Waals surface area contributed by atoms with Crippen LogP contribution in [0.2, 0.25) is 0 Å². The molecule has 1 aromatic rings. The summed E-state index contributed by atoms with van der Waals surface area (Å²) in [6, 6.07) is 0.0382. The highest BCUT2D eigenvalue weighted by Gasteiger charge is 2.46. The third kappa shape index (κ3) is 3.76. The van der Waals surface area contributed by atoms with E-state index in [1.807, 2.05) is 20.8 Å². The molecule has 2 fully saturated rings. The van der Waals surface area contributed by atoms with Crippen LogP contribution < -0.4 is 4.90 Å². The molecule has 26 heavy (non-hydrogen) atoms. The summed E-state index contributed by atoms with van der Waals surface area (Å²) in [6.45, 7) is 14.6. The van der Waals surface area contributed by atoms with E-state index in [9.17, 15) is 8.42 Å². The van der Waals surface area contributed by atoms with E-state index in [1.54, 1.807) is 0 Å². The van der Waals surface area contributed by atoms with Gasteiger partial charge in [-0.1, -0.05) is 13.8 Å². The van der Waals surface area contributed by atoms with Gasteiger partial charge in [0, 0.05) is 24.5 Å². The molecular weight excluding hydrogens is 352 g/mol. The van der Waals surface area contributed by atoms with Gasteiger partial charge < -0.3 is 9.64 Å². The van der Waals surface area contributed by atoms with E-state index in [0.29, 0.717) is 12.4 Å². The molecular formula is C18H32N4O3S. The molecule has 2 aliphatic heterocycles. The van der Waals surface area contributed by atoms with E-state index in [1.165, 1.54) is 0 Å². The normalized spacial score (nSPS) is 25.7. The summed E-state index contributed by atoms with van der Waals surface area (Å²) in [5.74, 6) is 2.47. The Hall–Kier alpha value is -1.15. The molecule has 0 saturated carbocycles. The van der Waals surface area contributed by atoms with Gasteiger partial charge in [0.2, 0.25) is 5.95 Å². The second-order valence-corrected chi connectivity index (χ2v) is 11.4. The predicted octanol–water partition coefficient (Wildman–Crippen LogP) is 2.01. The Labute approximate surface area is 157 Å². The number of hydrogen-bond acceptors (Lipinski definition) is 6. The lowest BCUT2D eigenvalue weighted by atomic mass is 9.93. The Morgan fingerprint density at radius 1 is 1.15 bits per heavy atom. The highest BCUT2D eigenvalue weighted by molar-refractivity contribution is 7.91. The third-order valence-electron chi connectivity index (χ3n) is 5.35. The Morgan fingerprint density at radius 3 is 2.46 bits per heavy atom. The van der Waals surface area contributed by atoms with Gasteiger partial charge in [0.05, 0.1) is 23.7 Å². The number of sulfone groups is 1. The van der Waals surface area contributed by atoms with Crippen molar-refractivity contribution in [1.82, 2.24) is 14.8 Å². The summed E-state index contributed by atoms with van der Waals surface area (Å²) < 4.78 is 32.2. The SMILES string of the molecule is CCn1c(N2CC[C@@H]3CS(=O)(=O)C[C@@H]32)nnc1C(C)(C)COC(C)(C)C. The summed E-state index contributed by atoms with van der Waals surface area (Å²) in [5, 5.41) is 8.97. The molecule has 0 N–H and O–H groups in total. The molecule has 2 saturated heterocycles.